The fourth-order valence-electron chi connectivity index (χ4n) is 3.63. The van der Waals surface area contributed by atoms with Crippen molar-refractivity contribution in [1.29, 1.82) is 0 Å². The van der Waals surface area contributed by atoms with Crippen LogP contribution in [0.4, 0.5) is 13.2 Å². The Morgan fingerprint density at radius 3 is 2.21 bits per heavy atom. The van der Waals surface area contributed by atoms with Crippen LogP contribution in [0.25, 0.3) is 0 Å². The van der Waals surface area contributed by atoms with Crippen molar-refractivity contribution in [2.24, 2.45) is 17.1 Å². The van der Waals surface area contributed by atoms with Crippen molar-refractivity contribution in [3.8, 4) is 0 Å². The second-order valence-electron chi connectivity index (χ2n) is 8.59. The predicted octanol–water partition coefficient (Wildman–Crippen LogP) is 5.11. The highest BCUT2D eigenvalue weighted by atomic mass is 19.4. The van der Waals surface area contributed by atoms with E-state index in [9.17, 15) is 18.0 Å². The molecule has 0 radical (unpaired) electrons. The quantitative estimate of drug-likeness (QED) is 0.449. The number of carboxylic acid groups (broad SMARTS) is 1. The van der Waals surface area contributed by atoms with Crippen molar-refractivity contribution in [1.82, 2.24) is 0 Å². The molecule has 0 aliphatic heterocycles. The third-order valence-electron chi connectivity index (χ3n) is 5.24. The number of aliphatic carboxylic acids is 1. The Morgan fingerprint density at radius 2 is 1.69 bits per heavy atom. The van der Waals surface area contributed by atoms with Crippen LogP contribution in [0.2, 0.25) is 0 Å². The fraction of sp³-hybridized carbons (Fsp3) is 0.905. The van der Waals surface area contributed by atoms with Gasteiger partial charge in [-0.15, -0.1) is 0 Å². The molecule has 0 spiro atoms. The number of hydrogen-bond donors (Lipinski definition) is 2. The number of ketones is 1. The molecule has 29 heavy (non-hydrogen) atoms. The van der Waals surface area contributed by atoms with Gasteiger partial charge in [0, 0.05) is 13.0 Å². The smallest absolute Gasteiger partial charge is 0.475 e. The van der Waals surface area contributed by atoms with E-state index in [0.29, 0.717) is 17.8 Å². The first-order valence-electron chi connectivity index (χ1n) is 10.6. The first kappa shape index (κ1) is 27.8. The van der Waals surface area contributed by atoms with E-state index in [-0.39, 0.29) is 18.4 Å². The van der Waals surface area contributed by atoms with Gasteiger partial charge in [0.15, 0.2) is 0 Å². The van der Waals surface area contributed by atoms with E-state index in [1.807, 2.05) is 0 Å². The summed E-state index contributed by atoms with van der Waals surface area (Å²) in [6, 6.07) is 0. The molecule has 0 saturated heterocycles. The lowest BCUT2D eigenvalue weighted by molar-refractivity contribution is -0.192. The zero-order chi connectivity index (χ0) is 22.5. The van der Waals surface area contributed by atoms with Gasteiger partial charge in [-0.2, -0.15) is 13.2 Å². The van der Waals surface area contributed by atoms with Gasteiger partial charge in [-0.3, -0.25) is 4.79 Å². The second-order valence-corrected chi connectivity index (χ2v) is 8.59. The summed E-state index contributed by atoms with van der Waals surface area (Å²) >= 11 is 0. The van der Waals surface area contributed by atoms with Gasteiger partial charge in [-0.25, -0.2) is 4.79 Å². The summed E-state index contributed by atoms with van der Waals surface area (Å²) < 4.78 is 37.9. The summed E-state index contributed by atoms with van der Waals surface area (Å²) in [5.74, 6) is -2.22. The van der Waals surface area contributed by atoms with Crippen molar-refractivity contribution >= 4 is 11.8 Å². The molecule has 172 valence electrons. The van der Waals surface area contributed by atoms with Crippen LogP contribution in [0.15, 0.2) is 0 Å². The lowest BCUT2D eigenvalue weighted by atomic mass is 9.69. The first-order chi connectivity index (χ1) is 13.4. The molecule has 0 unspecified atom stereocenters. The average Bonchev–Trinajstić information content (AvgIpc) is 2.61. The van der Waals surface area contributed by atoms with Gasteiger partial charge in [-0.05, 0) is 37.0 Å². The molecule has 5 nitrogen and oxygen atoms in total. The van der Waals surface area contributed by atoms with Crippen molar-refractivity contribution in [3.05, 3.63) is 0 Å². The number of hydrogen-bond acceptors (Lipinski definition) is 4. The number of unbranched alkanes of at least 4 members (excludes halogenated alkanes) is 5. The summed E-state index contributed by atoms with van der Waals surface area (Å²) in [5.41, 5.74) is 5.82. The van der Waals surface area contributed by atoms with Gasteiger partial charge < -0.3 is 15.6 Å². The Labute approximate surface area is 172 Å². The molecule has 0 bridgehead atoms. The van der Waals surface area contributed by atoms with Crippen LogP contribution in [0.5, 0.6) is 0 Å². The number of rotatable bonds is 11. The monoisotopic (exact) mass is 425 g/mol. The minimum atomic E-state index is -5.08. The number of carbonyl (C=O) groups excluding carboxylic acids is 1. The highest BCUT2D eigenvalue weighted by molar-refractivity contribution is 5.80. The number of alkyl halides is 3. The molecule has 0 aromatic rings. The summed E-state index contributed by atoms with van der Waals surface area (Å²) in [6.45, 7) is 7.87. The third kappa shape index (κ3) is 13.7. The van der Waals surface area contributed by atoms with Gasteiger partial charge >= 0.3 is 12.1 Å². The predicted molar refractivity (Wildman–Crippen MR) is 107 cm³/mol. The Bertz CT molecular complexity index is 481. The van der Waals surface area contributed by atoms with Crippen molar-refractivity contribution < 1.29 is 32.6 Å². The maximum atomic E-state index is 11.7. The van der Waals surface area contributed by atoms with Crippen LogP contribution >= 0.6 is 0 Å². The largest absolute Gasteiger partial charge is 0.490 e. The Balaban J connectivity index is 0.000000956. The van der Waals surface area contributed by atoms with Crippen LogP contribution in [0.1, 0.15) is 85.0 Å². The molecule has 0 aromatic heterocycles. The lowest BCUT2D eigenvalue weighted by Gasteiger charge is -2.40. The van der Waals surface area contributed by atoms with E-state index in [1.54, 1.807) is 0 Å². The molecule has 3 N–H and O–H groups in total. The normalized spacial score (nSPS) is 21.2. The zero-order valence-electron chi connectivity index (χ0n) is 18.0. The van der Waals surface area contributed by atoms with Gasteiger partial charge in [0.2, 0.25) is 0 Å². The molecule has 0 heterocycles. The van der Waals surface area contributed by atoms with Crippen LogP contribution in [-0.2, 0) is 14.3 Å². The molecule has 1 aliphatic rings. The minimum Gasteiger partial charge on any atom is -0.475 e. The summed E-state index contributed by atoms with van der Waals surface area (Å²) in [7, 11) is 0. The SMILES string of the molecule is CCCCCCCCO[C@@H]1CCC(C)(C)C[C@H]1CC(=O)CN.O=C(O)C(F)(F)F. The van der Waals surface area contributed by atoms with Crippen LogP contribution in [0.3, 0.4) is 0 Å². The summed E-state index contributed by atoms with van der Waals surface area (Å²) in [6.07, 6.45) is 6.89. The van der Waals surface area contributed by atoms with Crippen molar-refractivity contribution in [2.75, 3.05) is 13.2 Å². The maximum absolute atomic E-state index is 11.7. The molecule has 0 amide bonds. The number of carbonyl (C=O) groups is 2. The highest BCUT2D eigenvalue weighted by Crippen LogP contribution is 2.41. The lowest BCUT2D eigenvalue weighted by Crippen LogP contribution is -2.37. The van der Waals surface area contributed by atoms with E-state index in [1.165, 1.54) is 38.5 Å². The highest BCUT2D eigenvalue weighted by Gasteiger charge is 2.38. The average molecular weight is 426 g/mol. The second kappa shape index (κ2) is 14.0. The molecule has 1 fully saturated rings. The number of nitrogens with two attached hydrogens (primary N) is 1. The zero-order valence-corrected chi connectivity index (χ0v) is 18.0. The van der Waals surface area contributed by atoms with E-state index >= 15 is 0 Å². The molecule has 0 aromatic carbocycles. The molecular formula is C21H38F3NO4. The number of Topliss-reactive ketones (excluding diaryl/α,β-unsaturated/α-hetero) is 1. The van der Waals surface area contributed by atoms with Crippen molar-refractivity contribution in [2.45, 2.75) is 97.3 Å². The molecule has 1 saturated carbocycles. The number of ether oxygens (including phenoxy) is 1. The standard InChI is InChI=1S/C19H37NO2.C2HF3O2/c1-4-5-6-7-8-9-12-22-18-10-11-19(2,3)14-16(18)13-17(21)15-20;3-2(4,5)1(6)7/h16,18H,4-15,20H2,1-3H3;(H,6,7)/t16-,18-;/m1./s1. The topological polar surface area (TPSA) is 89.6 Å². The third-order valence-corrected chi connectivity index (χ3v) is 5.24. The van der Waals surface area contributed by atoms with Crippen LogP contribution < -0.4 is 5.73 Å². The maximum Gasteiger partial charge on any atom is 0.490 e. The fourth-order valence-corrected chi connectivity index (χ4v) is 3.63. The first-order valence-corrected chi connectivity index (χ1v) is 10.6. The van der Waals surface area contributed by atoms with E-state index in [0.717, 1.165) is 25.9 Å². The molecule has 8 heteroatoms. The number of halogens is 3. The number of carboxylic acids is 1. The molecule has 2 atom stereocenters. The van der Waals surface area contributed by atoms with E-state index in [2.05, 4.69) is 20.8 Å². The van der Waals surface area contributed by atoms with Gasteiger partial charge in [0.05, 0.1) is 12.6 Å². The van der Waals surface area contributed by atoms with Gasteiger partial charge in [-0.1, -0.05) is 52.9 Å². The van der Waals surface area contributed by atoms with Crippen molar-refractivity contribution in [3.63, 3.8) is 0 Å². The van der Waals surface area contributed by atoms with Crippen LogP contribution in [0, 0.1) is 11.3 Å². The Kier molecular flexibility index (Phi) is 13.4. The Morgan fingerprint density at radius 1 is 1.14 bits per heavy atom. The van der Waals surface area contributed by atoms with E-state index in [4.69, 9.17) is 20.4 Å². The molecular weight excluding hydrogens is 387 g/mol. The molecule has 1 rings (SSSR count). The van der Waals surface area contributed by atoms with Gasteiger partial charge in [0.1, 0.15) is 5.78 Å². The molecule has 1 aliphatic carbocycles. The van der Waals surface area contributed by atoms with E-state index < -0.39 is 12.1 Å². The van der Waals surface area contributed by atoms with Gasteiger partial charge in [0.25, 0.3) is 0 Å². The van der Waals surface area contributed by atoms with Crippen LogP contribution in [-0.4, -0.2) is 42.3 Å². The minimum absolute atomic E-state index is 0.168. The summed E-state index contributed by atoms with van der Waals surface area (Å²) in [4.78, 5) is 20.6. The Hall–Kier alpha value is -1.15. The summed E-state index contributed by atoms with van der Waals surface area (Å²) in [5, 5.41) is 7.12.